The van der Waals surface area contributed by atoms with Crippen LogP contribution in [0.15, 0.2) is 12.3 Å². The monoisotopic (exact) mass is 513 g/mol. The molecule has 0 radical (unpaired) electrons. The third kappa shape index (κ3) is 6.65. The predicted molar refractivity (Wildman–Crippen MR) is 128 cm³/mol. The molecule has 0 aromatic carbocycles. The summed E-state index contributed by atoms with van der Waals surface area (Å²) < 4.78 is 43.5. The number of anilines is 2. The van der Waals surface area contributed by atoms with Crippen LogP contribution in [0.25, 0.3) is 0 Å². The lowest BCUT2D eigenvalue weighted by Gasteiger charge is -2.31. The number of aromatic nitrogens is 1. The summed E-state index contributed by atoms with van der Waals surface area (Å²) in [5, 5.41) is 7.93. The van der Waals surface area contributed by atoms with E-state index >= 15 is 0 Å². The second-order valence-corrected chi connectivity index (χ2v) is 9.70. The van der Waals surface area contributed by atoms with Crippen molar-refractivity contribution < 1.29 is 32.3 Å². The van der Waals surface area contributed by atoms with Gasteiger partial charge in [-0.05, 0) is 31.6 Å². The highest BCUT2D eigenvalue weighted by atomic mass is 19.4. The van der Waals surface area contributed by atoms with Crippen molar-refractivity contribution in [3.05, 3.63) is 17.8 Å². The first-order chi connectivity index (χ1) is 16.9. The fraction of sp³-hybridized carbons (Fsp3) is 0.667. The van der Waals surface area contributed by atoms with Crippen LogP contribution in [0.4, 0.5) is 29.5 Å². The maximum atomic E-state index is 13.1. The van der Waals surface area contributed by atoms with Crippen molar-refractivity contribution in [2.45, 2.75) is 70.0 Å². The second kappa shape index (κ2) is 11.4. The third-order valence-electron chi connectivity index (χ3n) is 6.81. The first-order valence-corrected chi connectivity index (χ1v) is 12.2. The molecular weight excluding hydrogens is 479 g/mol. The second-order valence-electron chi connectivity index (χ2n) is 9.70. The number of rotatable bonds is 9. The number of nitrogens with one attached hydrogen (secondary N) is 3. The van der Waals surface area contributed by atoms with E-state index in [9.17, 15) is 27.6 Å². The molecule has 0 bridgehead atoms. The van der Waals surface area contributed by atoms with E-state index in [0.717, 1.165) is 25.5 Å². The molecule has 1 saturated heterocycles. The van der Waals surface area contributed by atoms with Gasteiger partial charge in [0, 0.05) is 38.1 Å². The number of halogens is 3. The average molecular weight is 514 g/mol. The van der Waals surface area contributed by atoms with Crippen molar-refractivity contribution in [1.29, 1.82) is 0 Å². The zero-order chi connectivity index (χ0) is 26.5. The molecule has 2 aliphatic heterocycles. The number of carbonyl (C=O) groups is 3. The molecule has 200 valence electrons. The SMILES string of the molecule is CCC[C@H](C)CC[C@H](NC(=O)N(C)CC(F)(F)F)C(=O)Nc1cc2c(cn1)C1(CCOCC1)C(=O)N2. The molecule has 1 fully saturated rings. The van der Waals surface area contributed by atoms with Crippen LogP contribution in [-0.4, -0.2) is 66.8 Å². The van der Waals surface area contributed by atoms with Gasteiger partial charge in [0.05, 0.1) is 11.1 Å². The lowest BCUT2D eigenvalue weighted by atomic mass is 9.76. The number of amides is 4. The van der Waals surface area contributed by atoms with E-state index in [-0.39, 0.29) is 24.1 Å². The number of fused-ring (bicyclic) bond motifs is 2. The van der Waals surface area contributed by atoms with Crippen molar-refractivity contribution in [2.75, 3.05) is 37.4 Å². The number of urea groups is 1. The molecule has 0 aliphatic carbocycles. The first-order valence-electron chi connectivity index (χ1n) is 12.2. The van der Waals surface area contributed by atoms with Crippen LogP contribution in [-0.2, 0) is 19.7 Å². The summed E-state index contributed by atoms with van der Waals surface area (Å²) in [5.41, 5.74) is 0.605. The smallest absolute Gasteiger partial charge is 0.381 e. The van der Waals surface area contributed by atoms with E-state index in [1.54, 1.807) is 12.3 Å². The van der Waals surface area contributed by atoms with E-state index in [4.69, 9.17) is 4.74 Å². The number of alkyl halides is 3. The third-order valence-corrected chi connectivity index (χ3v) is 6.81. The van der Waals surface area contributed by atoms with Crippen LogP contribution < -0.4 is 16.0 Å². The van der Waals surface area contributed by atoms with E-state index in [1.165, 1.54) is 0 Å². The Morgan fingerprint density at radius 1 is 1.25 bits per heavy atom. The summed E-state index contributed by atoms with van der Waals surface area (Å²) in [5.74, 6) is -0.273. The standard InChI is InChI=1S/C24H34F3N5O4/c1-4-5-15(2)6-7-17(30-22(35)32(3)14-24(25,26)27)20(33)31-19-12-18-16(13-28-19)23(21(34)29-18)8-10-36-11-9-23/h12-13,15,17H,4-11,14H2,1-3H3,(H,29,34)(H,30,35)(H,28,31,33)/t15-,17-/m0/s1. The molecule has 2 atom stereocenters. The summed E-state index contributed by atoms with van der Waals surface area (Å²) in [6.07, 6.45) is 0.814. The molecule has 9 nitrogen and oxygen atoms in total. The molecule has 36 heavy (non-hydrogen) atoms. The Morgan fingerprint density at radius 3 is 2.58 bits per heavy atom. The number of hydrogen-bond acceptors (Lipinski definition) is 5. The van der Waals surface area contributed by atoms with Crippen LogP contribution in [0.3, 0.4) is 0 Å². The summed E-state index contributed by atoms with van der Waals surface area (Å²) in [4.78, 5) is 43.0. The number of carbonyl (C=O) groups excluding carboxylic acids is 3. The molecule has 4 amide bonds. The Hall–Kier alpha value is -2.89. The molecule has 0 saturated carbocycles. The summed E-state index contributed by atoms with van der Waals surface area (Å²) in [6, 6.07) is -0.491. The van der Waals surface area contributed by atoms with Gasteiger partial charge in [-0.2, -0.15) is 13.2 Å². The lowest BCUT2D eigenvalue weighted by molar-refractivity contribution is -0.137. The highest BCUT2D eigenvalue weighted by molar-refractivity contribution is 6.07. The fourth-order valence-corrected chi connectivity index (χ4v) is 4.76. The van der Waals surface area contributed by atoms with E-state index in [2.05, 4.69) is 20.9 Å². The van der Waals surface area contributed by atoms with E-state index in [1.807, 2.05) is 13.8 Å². The van der Waals surface area contributed by atoms with Crippen LogP contribution in [0.2, 0.25) is 0 Å². The zero-order valence-electron chi connectivity index (χ0n) is 20.8. The number of pyridine rings is 1. The largest absolute Gasteiger partial charge is 0.406 e. The van der Waals surface area contributed by atoms with Gasteiger partial charge in [0.2, 0.25) is 11.8 Å². The summed E-state index contributed by atoms with van der Waals surface area (Å²) in [6.45, 7) is 3.56. The highest BCUT2D eigenvalue weighted by Crippen LogP contribution is 2.44. The maximum Gasteiger partial charge on any atom is 0.406 e. The van der Waals surface area contributed by atoms with Gasteiger partial charge in [0.1, 0.15) is 18.4 Å². The van der Waals surface area contributed by atoms with Gasteiger partial charge >= 0.3 is 12.2 Å². The van der Waals surface area contributed by atoms with Gasteiger partial charge in [-0.15, -0.1) is 0 Å². The minimum absolute atomic E-state index is 0.131. The van der Waals surface area contributed by atoms with Crippen molar-refractivity contribution in [1.82, 2.24) is 15.2 Å². The van der Waals surface area contributed by atoms with Gasteiger partial charge in [0.25, 0.3) is 0 Å². The summed E-state index contributed by atoms with van der Waals surface area (Å²) >= 11 is 0. The van der Waals surface area contributed by atoms with E-state index < -0.39 is 36.1 Å². The van der Waals surface area contributed by atoms with Gasteiger partial charge in [-0.25, -0.2) is 9.78 Å². The number of nitrogens with zero attached hydrogens (tertiary/aromatic N) is 2. The molecule has 3 rings (SSSR count). The van der Waals surface area contributed by atoms with Crippen molar-refractivity contribution in [2.24, 2.45) is 5.92 Å². The van der Waals surface area contributed by atoms with E-state index in [0.29, 0.717) is 43.1 Å². The average Bonchev–Trinajstić information content (AvgIpc) is 3.06. The Bertz CT molecular complexity index is 966. The van der Waals surface area contributed by atoms with Gasteiger partial charge in [0.15, 0.2) is 0 Å². The molecule has 3 N–H and O–H groups in total. The minimum Gasteiger partial charge on any atom is -0.381 e. The Kier molecular flexibility index (Phi) is 8.80. The zero-order valence-corrected chi connectivity index (χ0v) is 20.8. The quantitative estimate of drug-likeness (QED) is 0.465. The molecule has 1 aromatic heterocycles. The fourth-order valence-electron chi connectivity index (χ4n) is 4.76. The molecular formula is C24H34F3N5O4. The van der Waals surface area contributed by atoms with Gasteiger partial charge < -0.3 is 25.6 Å². The highest BCUT2D eigenvalue weighted by Gasteiger charge is 2.48. The van der Waals surface area contributed by atoms with Crippen LogP contribution in [0.5, 0.6) is 0 Å². The molecule has 2 aliphatic rings. The maximum absolute atomic E-state index is 13.1. The number of hydrogen-bond donors (Lipinski definition) is 3. The molecule has 1 aromatic rings. The lowest BCUT2D eigenvalue weighted by Crippen LogP contribution is -2.50. The van der Waals surface area contributed by atoms with Gasteiger partial charge in [-0.3, -0.25) is 9.59 Å². The Labute approximate surface area is 208 Å². The van der Waals surface area contributed by atoms with Crippen LogP contribution >= 0.6 is 0 Å². The molecule has 0 unspecified atom stereocenters. The molecule has 1 spiro atoms. The van der Waals surface area contributed by atoms with Crippen LogP contribution in [0, 0.1) is 5.92 Å². The van der Waals surface area contributed by atoms with Crippen molar-refractivity contribution in [3.63, 3.8) is 0 Å². The number of ether oxygens (including phenoxy) is 1. The topological polar surface area (TPSA) is 113 Å². The summed E-state index contributed by atoms with van der Waals surface area (Å²) in [7, 11) is 1.02. The first kappa shape index (κ1) is 27.7. The Balaban J connectivity index is 1.72. The predicted octanol–water partition coefficient (Wildman–Crippen LogP) is 3.81. The van der Waals surface area contributed by atoms with Gasteiger partial charge in [-0.1, -0.05) is 26.7 Å². The normalized spacial score (nSPS) is 18.2. The van der Waals surface area contributed by atoms with Crippen LogP contribution in [0.1, 0.15) is 57.9 Å². The molecule has 12 heteroatoms. The minimum atomic E-state index is -4.56. The van der Waals surface area contributed by atoms with Crippen molar-refractivity contribution >= 4 is 29.4 Å². The molecule has 3 heterocycles. The van der Waals surface area contributed by atoms with Crippen molar-refractivity contribution in [3.8, 4) is 0 Å². The Morgan fingerprint density at radius 2 is 1.94 bits per heavy atom.